The third-order valence-corrected chi connectivity index (χ3v) is 3.34. The first-order chi connectivity index (χ1) is 8.34. The molecule has 3 rings (SSSR count). The van der Waals surface area contributed by atoms with Crippen molar-refractivity contribution in [2.45, 2.75) is 6.54 Å². The van der Waals surface area contributed by atoms with Crippen molar-refractivity contribution in [3.63, 3.8) is 0 Å². The van der Waals surface area contributed by atoms with E-state index < -0.39 is 0 Å². The summed E-state index contributed by atoms with van der Waals surface area (Å²) in [6, 6.07) is 6.04. The normalized spacial score (nSPS) is 10.9. The molecule has 0 spiro atoms. The number of nitrogens with zero attached hydrogens (tertiary/aromatic N) is 3. The van der Waals surface area contributed by atoms with E-state index in [2.05, 4.69) is 42.7 Å². The van der Waals surface area contributed by atoms with Crippen LogP contribution in [0.15, 0.2) is 53.7 Å². The Balaban J connectivity index is 2.07. The van der Waals surface area contributed by atoms with Crippen LogP contribution in [-0.2, 0) is 6.54 Å². The maximum absolute atomic E-state index is 4.17. The minimum absolute atomic E-state index is 0.807. The highest BCUT2D eigenvalue weighted by Crippen LogP contribution is 2.25. The molecule has 0 aliphatic carbocycles. The van der Waals surface area contributed by atoms with Crippen LogP contribution in [0.1, 0.15) is 5.56 Å². The first kappa shape index (κ1) is 10.5. The van der Waals surface area contributed by atoms with E-state index in [1.807, 2.05) is 30.7 Å². The molecule has 0 amide bonds. The monoisotopic (exact) mass is 287 g/mol. The van der Waals surface area contributed by atoms with E-state index in [1.165, 1.54) is 10.9 Å². The van der Waals surface area contributed by atoms with Crippen LogP contribution in [0.3, 0.4) is 0 Å². The van der Waals surface area contributed by atoms with Crippen molar-refractivity contribution in [3.05, 3.63) is 59.2 Å². The van der Waals surface area contributed by atoms with E-state index in [1.54, 1.807) is 6.20 Å². The highest BCUT2D eigenvalue weighted by molar-refractivity contribution is 9.10. The van der Waals surface area contributed by atoms with Crippen molar-refractivity contribution in [2.75, 3.05) is 0 Å². The Morgan fingerprint density at radius 1 is 1.12 bits per heavy atom. The molecular formula is C13H10BrN3. The largest absolute Gasteiger partial charge is 0.341 e. The van der Waals surface area contributed by atoms with Gasteiger partial charge in [0, 0.05) is 41.2 Å². The molecule has 3 heterocycles. The van der Waals surface area contributed by atoms with Crippen molar-refractivity contribution >= 4 is 26.8 Å². The van der Waals surface area contributed by atoms with Crippen LogP contribution in [0.2, 0.25) is 0 Å². The maximum Gasteiger partial charge on any atom is 0.0681 e. The first-order valence-corrected chi connectivity index (χ1v) is 6.11. The molecule has 0 bridgehead atoms. The van der Waals surface area contributed by atoms with Crippen molar-refractivity contribution in [3.8, 4) is 0 Å². The fourth-order valence-electron chi connectivity index (χ4n) is 1.91. The number of aromatic nitrogens is 3. The summed E-state index contributed by atoms with van der Waals surface area (Å²) < 4.78 is 3.27. The fourth-order valence-corrected chi connectivity index (χ4v) is 2.49. The molecule has 0 radical (unpaired) electrons. The van der Waals surface area contributed by atoms with Crippen molar-refractivity contribution in [2.24, 2.45) is 0 Å². The second-order valence-electron chi connectivity index (χ2n) is 3.86. The van der Waals surface area contributed by atoms with Crippen LogP contribution in [0.25, 0.3) is 10.9 Å². The molecule has 4 heteroatoms. The molecule has 0 saturated carbocycles. The van der Waals surface area contributed by atoms with Crippen LogP contribution in [-0.4, -0.2) is 14.5 Å². The van der Waals surface area contributed by atoms with Crippen LogP contribution in [0.4, 0.5) is 0 Å². The highest BCUT2D eigenvalue weighted by atomic mass is 79.9. The number of rotatable bonds is 2. The Bertz CT molecular complexity index is 646. The summed E-state index contributed by atoms with van der Waals surface area (Å²) in [6.45, 7) is 0.807. The van der Waals surface area contributed by atoms with E-state index >= 15 is 0 Å². The van der Waals surface area contributed by atoms with Gasteiger partial charge in [-0.25, -0.2) is 0 Å². The molecule has 0 aliphatic rings. The predicted molar refractivity (Wildman–Crippen MR) is 70.8 cm³/mol. The molecule has 0 unspecified atom stereocenters. The molecule has 0 aliphatic heterocycles. The molecule has 3 nitrogen and oxygen atoms in total. The van der Waals surface area contributed by atoms with E-state index in [0.717, 1.165) is 16.5 Å². The molecule has 3 aromatic rings. The van der Waals surface area contributed by atoms with Gasteiger partial charge in [0.05, 0.1) is 11.7 Å². The van der Waals surface area contributed by atoms with Gasteiger partial charge in [0.15, 0.2) is 0 Å². The topological polar surface area (TPSA) is 30.7 Å². The minimum Gasteiger partial charge on any atom is -0.341 e. The average Bonchev–Trinajstić information content (AvgIpc) is 2.69. The molecule has 0 aromatic carbocycles. The Morgan fingerprint density at radius 2 is 2.00 bits per heavy atom. The van der Waals surface area contributed by atoms with Gasteiger partial charge in [-0.2, -0.15) is 0 Å². The van der Waals surface area contributed by atoms with Gasteiger partial charge in [-0.3, -0.25) is 9.97 Å². The summed E-state index contributed by atoms with van der Waals surface area (Å²) >= 11 is 3.57. The third kappa shape index (κ3) is 1.96. The van der Waals surface area contributed by atoms with Gasteiger partial charge in [0.25, 0.3) is 0 Å². The quantitative estimate of drug-likeness (QED) is 0.724. The van der Waals surface area contributed by atoms with Crippen LogP contribution in [0.5, 0.6) is 0 Å². The Labute approximate surface area is 107 Å². The average molecular weight is 288 g/mol. The molecule has 3 aromatic heterocycles. The van der Waals surface area contributed by atoms with Crippen LogP contribution in [0, 0.1) is 0 Å². The lowest BCUT2D eigenvalue weighted by Gasteiger charge is -2.04. The Kier molecular flexibility index (Phi) is 2.65. The second kappa shape index (κ2) is 4.30. The maximum atomic E-state index is 4.17. The molecule has 0 atom stereocenters. The van der Waals surface area contributed by atoms with Gasteiger partial charge >= 0.3 is 0 Å². The molecule has 0 fully saturated rings. The SMILES string of the molecule is Brc1cn(Cc2cccnc2)c2cnccc12. The summed E-state index contributed by atoms with van der Waals surface area (Å²) in [6.07, 6.45) is 9.45. The Hall–Kier alpha value is -1.68. The van der Waals surface area contributed by atoms with Gasteiger partial charge in [-0.15, -0.1) is 0 Å². The fraction of sp³-hybridized carbons (Fsp3) is 0.0769. The molecule has 0 saturated heterocycles. The summed E-state index contributed by atoms with van der Waals surface area (Å²) in [4.78, 5) is 8.30. The van der Waals surface area contributed by atoms with Gasteiger partial charge < -0.3 is 4.57 Å². The van der Waals surface area contributed by atoms with Crippen molar-refractivity contribution in [1.29, 1.82) is 0 Å². The zero-order chi connectivity index (χ0) is 11.7. The van der Waals surface area contributed by atoms with Gasteiger partial charge in [0.2, 0.25) is 0 Å². The predicted octanol–water partition coefficient (Wildman–Crippen LogP) is 3.24. The first-order valence-electron chi connectivity index (χ1n) is 5.32. The van der Waals surface area contributed by atoms with Crippen molar-refractivity contribution < 1.29 is 0 Å². The minimum atomic E-state index is 0.807. The van der Waals surface area contributed by atoms with Crippen molar-refractivity contribution in [1.82, 2.24) is 14.5 Å². The molecule has 0 N–H and O–H groups in total. The summed E-state index contributed by atoms with van der Waals surface area (Å²) in [7, 11) is 0. The molecule has 84 valence electrons. The highest BCUT2D eigenvalue weighted by Gasteiger charge is 2.06. The van der Waals surface area contributed by atoms with Gasteiger partial charge in [0.1, 0.15) is 0 Å². The van der Waals surface area contributed by atoms with E-state index in [4.69, 9.17) is 0 Å². The summed E-state index contributed by atoms with van der Waals surface area (Å²) in [5.41, 5.74) is 2.31. The van der Waals surface area contributed by atoms with E-state index in [9.17, 15) is 0 Å². The smallest absolute Gasteiger partial charge is 0.0681 e. The zero-order valence-corrected chi connectivity index (χ0v) is 10.6. The Morgan fingerprint density at radius 3 is 2.82 bits per heavy atom. The molecular weight excluding hydrogens is 278 g/mol. The lowest BCUT2D eigenvalue weighted by Crippen LogP contribution is -1.98. The standard InChI is InChI=1S/C13H10BrN3/c14-12-9-17(8-10-2-1-4-15-6-10)13-7-16-5-3-11(12)13/h1-7,9H,8H2. The number of pyridine rings is 2. The van der Waals surface area contributed by atoms with Crippen LogP contribution < -0.4 is 0 Å². The van der Waals surface area contributed by atoms with E-state index in [-0.39, 0.29) is 0 Å². The van der Waals surface area contributed by atoms with Gasteiger partial charge in [-0.05, 0) is 33.6 Å². The third-order valence-electron chi connectivity index (χ3n) is 2.71. The lowest BCUT2D eigenvalue weighted by atomic mass is 10.3. The summed E-state index contributed by atoms with van der Waals surface area (Å²) in [5, 5.41) is 1.18. The number of hydrogen-bond acceptors (Lipinski definition) is 2. The molecule has 17 heavy (non-hydrogen) atoms. The van der Waals surface area contributed by atoms with Gasteiger partial charge in [-0.1, -0.05) is 6.07 Å². The number of fused-ring (bicyclic) bond motifs is 1. The number of halogens is 1. The lowest BCUT2D eigenvalue weighted by molar-refractivity contribution is 0.828. The zero-order valence-electron chi connectivity index (χ0n) is 9.05. The van der Waals surface area contributed by atoms with E-state index in [0.29, 0.717) is 0 Å². The van der Waals surface area contributed by atoms with Crippen LogP contribution >= 0.6 is 15.9 Å². The second-order valence-corrected chi connectivity index (χ2v) is 4.71. The summed E-state index contributed by atoms with van der Waals surface area (Å²) in [5.74, 6) is 0. The number of hydrogen-bond donors (Lipinski definition) is 0.